The van der Waals surface area contributed by atoms with E-state index in [1.807, 2.05) is 4.72 Å². The number of hydrogen-bond acceptors (Lipinski definition) is 3. The average Bonchev–Trinajstić information content (AvgIpc) is 2.13. The Bertz CT molecular complexity index is 519. The first kappa shape index (κ1) is 15.2. The molecule has 1 N–H and O–H groups in total. The summed E-state index contributed by atoms with van der Waals surface area (Å²) in [4.78, 5) is 3.36. The van der Waals surface area contributed by atoms with Crippen molar-refractivity contribution in [2.75, 3.05) is 0 Å². The van der Waals surface area contributed by atoms with Gasteiger partial charge in [0, 0.05) is 12.2 Å². The molecule has 0 aromatic carbocycles. The summed E-state index contributed by atoms with van der Waals surface area (Å²) in [5.74, 6) is 0. The number of alkyl halides is 3. The number of rotatable bonds is 4. The van der Waals surface area contributed by atoms with Gasteiger partial charge in [-0.2, -0.15) is 13.2 Å². The molecule has 102 valence electrons. The summed E-state index contributed by atoms with van der Waals surface area (Å²) in [7, 11) is -4.03. The van der Waals surface area contributed by atoms with Crippen LogP contribution in [0.3, 0.4) is 0 Å². The predicted molar refractivity (Wildman–Crippen MR) is 59.7 cm³/mol. The minimum atomic E-state index is -4.43. The van der Waals surface area contributed by atoms with E-state index in [-0.39, 0.29) is 10.0 Å². The maximum Gasteiger partial charge on any atom is 0.390 e. The summed E-state index contributed by atoms with van der Waals surface area (Å²) < 4.78 is 61.6. The molecule has 0 fully saturated rings. The van der Waals surface area contributed by atoms with E-state index in [2.05, 4.69) is 4.98 Å². The maximum atomic E-state index is 12.1. The van der Waals surface area contributed by atoms with E-state index >= 15 is 0 Å². The Morgan fingerprint density at radius 3 is 2.61 bits per heavy atom. The van der Waals surface area contributed by atoms with Crippen LogP contribution < -0.4 is 4.72 Å². The molecule has 0 saturated carbocycles. The first-order valence-corrected chi connectivity index (χ1v) is 6.67. The van der Waals surface area contributed by atoms with Crippen molar-refractivity contribution in [3.8, 4) is 0 Å². The summed E-state index contributed by atoms with van der Waals surface area (Å²) in [6.07, 6.45) is -4.52. The third kappa shape index (κ3) is 4.79. The summed E-state index contributed by atoms with van der Waals surface area (Å²) in [5.41, 5.74) is 0. The second-order valence-electron chi connectivity index (χ2n) is 3.66. The standard InChI is InChI=1S/C9H10ClF3N2O2S/c1-6(5-9(11,12)13)15-18(16,17)7-2-3-14-8(10)4-7/h2-4,6,15H,5H2,1H3. The van der Waals surface area contributed by atoms with E-state index in [1.54, 1.807) is 0 Å². The normalized spacial score (nSPS) is 14.5. The van der Waals surface area contributed by atoms with Gasteiger partial charge in [-0.1, -0.05) is 11.6 Å². The first-order valence-electron chi connectivity index (χ1n) is 4.81. The Labute approximate surface area is 107 Å². The highest BCUT2D eigenvalue weighted by atomic mass is 35.5. The topological polar surface area (TPSA) is 59.1 Å². The number of halogens is 4. The number of nitrogens with one attached hydrogen (secondary N) is 1. The van der Waals surface area contributed by atoms with Crippen molar-refractivity contribution in [2.24, 2.45) is 0 Å². The number of hydrogen-bond donors (Lipinski definition) is 1. The largest absolute Gasteiger partial charge is 0.390 e. The van der Waals surface area contributed by atoms with E-state index < -0.39 is 28.7 Å². The molecular weight excluding hydrogens is 293 g/mol. The van der Waals surface area contributed by atoms with Gasteiger partial charge in [0.15, 0.2) is 0 Å². The SMILES string of the molecule is CC(CC(F)(F)F)NS(=O)(=O)c1ccnc(Cl)c1. The second-order valence-corrected chi connectivity index (χ2v) is 5.76. The van der Waals surface area contributed by atoms with Gasteiger partial charge in [-0.05, 0) is 19.1 Å². The quantitative estimate of drug-likeness (QED) is 0.869. The lowest BCUT2D eigenvalue weighted by Gasteiger charge is -2.15. The van der Waals surface area contributed by atoms with Crippen molar-refractivity contribution in [3.05, 3.63) is 23.5 Å². The molecule has 1 rings (SSSR count). The van der Waals surface area contributed by atoms with E-state index in [9.17, 15) is 21.6 Å². The Morgan fingerprint density at radius 1 is 1.50 bits per heavy atom. The molecule has 1 aromatic heterocycles. The molecule has 0 aliphatic heterocycles. The van der Waals surface area contributed by atoms with E-state index in [4.69, 9.17) is 11.6 Å². The Kier molecular flexibility index (Phi) is 4.57. The zero-order chi connectivity index (χ0) is 14.0. The molecule has 0 radical (unpaired) electrons. The van der Waals surface area contributed by atoms with Crippen LogP contribution in [-0.4, -0.2) is 25.6 Å². The van der Waals surface area contributed by atoms with Crippen LogP contribution in [0.5, 0.6) is 0 Å². The number of nitrogens with zero attached hydrogens (tertiary/aromatic N) is 1. The lowest BCUT2D eigenvalue weighted by Crippen LogP contribution is -2.35. The fraction of sp³-hybridized carbons (Fsp3) is 0.444. The maximum absolute atomic E-state index is 12.1. The summed E-state index contributed by atoms with van der Waals surface area (Å²) in [5, 5.41) is -0.0543. The van der Waals surface area contributed by atoms with Crippen molar-refractivity contribution >= 4 is 21.6 Å². The van der Waals surface area contributed by atoms with E-state index in [0.29, 0.717) is 0 Å². The predicted octanol–water partition coefficient (Wildman–Crippen LogP) is 2.35. The molecule has 0 saturated heterocycles. The van der Waals surface area contributed by atoms with Crippen molar-refractivity contribution in [1.29, 1.82) is 0 Å². The first-order chi connectivity index (χ1) is 8.10. The van der Waals surface area contributed by atoms with Gasteiger partial charge in [0.25, 0.3) is 0 Å². The molecule has 4 nitrogen and oxygen atoms in total. The molecule has 0 spiro atoms. The van der Waals surface area contributed by atoms with Crippen LogP contribution in [-0.2, 0) is 10.0 Å². The van der Waals surface area contributed by atoms with Gasteiger partial charge in [0.05, 0.1) is 11.3 Å². The number of sulfonamides is 1. The minimum Gasteiger partial charge on any atom is -0.244 e. The third-order valence-corrected chi connectivity index (χ3v) is 3.70. The van der Waals surface area contributed by atoms with Crippen LogP contribution in [0.15, 0.2) is 23.2 Å². The lowest BCUT2D eigenvalue weighted by molar-refractivity contribution is -0.137. The summed E-state index contributed by atoms with van der Waals surface area (Å²) in [6, 6.07) is 0.945. The highest BCUT2D eigenvalue weighted by molar-refractivity contribution is 7.89. The van der Waals surface area contributed by atoms with Crippen LogP contribution in [0.1, 0.15) is 13.3 Å². The molecule has 1 atom stereocenters. The Morgan fingerprint density at radius 2 is 2.11 bits per heavy atom. The number of pyridine rings is 1. The van der Waals surface area contributed by atoms with Gasteiger partial charge < -0.3 is 0 Å². The number of aromatic nitrogens is 1. The average molecular weight is 303 g/mol. The van der Waals surface area contributed by atoms with Crippen LogP contribution in [0.25, 0.3) is 0 Å². The molecule has 1 aromatic rings. The molecule has 1 heterocycles. The molecule has 1 unspecified atom stereocenters. The minimum absolute atomic E-state index is 0.0543. The van der Waals surface area contributed by atoms with Gasteiger partial charge in [0.1, 0.15) is 5.15 Å². The molecule has 0 aliphatic rings. The van der Waals surface area contributed by atoms with Crippen molar-refractivity contribution in [3.63, 3.8) is 0 Å². The van der Waals surface area contributed by atoms with E-state index in [0.717, 1.165) is 25.3 Å². The second kappa shape index (κ2) is 5.41. The molecular formula is C9H10ClF3N2O2S. The molecule has 0 bridgehead atoms. The molecule has 0 aliphatic carbocycles. The fourth-order valence-electron chi connectivity index (χ4n) is 1.27. The zero-order valence-corrected chi connectivity index (χ0v) is 10.8. The molecule has 18 heavy (non-hydrogen) atoms. The van der Waals surface area contributed by atoms with Gasteiger partial charge in [-0.25, -0.2) is 18.1 Å². The van der Waals surface area contributed by atoms with Gasteiger partial charge in [-0.3, -0.25) is 0 Å². The Hall–Kier alpha value is -0.860. The highest BCUT2D eigenvalue weighted by Crippen LogP contribution is 2.22. The van der Waals surface area contributed by atoms with E-state index in [1.165, 1.54) is 0 Å². The van der Waals surface area contributed by atoms with Crippen LogP contribution >= 0.6 is 11.6 Å². The van der Waals surface area contributed by atoms with Gasteiger partial charge in [0.2, 0.25) is 10.0 Å². The van der Waals surface area contributed by atoms with Crippen molar-refractivity contribution in [2.45, 2.75) is 30.5 Å². The molecule has 9 heteroatoms. The van der Waals surface area contributed by atoms with Gasteiger partial charge >= 0.3 is 6.18 Å². The monoisotopic (exact) mass is 302 g/mol. The third-order valence-electron chi connectivity index (χ3n) is 1.90. The lowest BCUT2D eigenvalue weighted by atomic mass is 10.2. The Balaban J connectivity index is 2.83. The van der Waals surface area contributed by atoms with Crippen molar-refractivity contribution in [1.82, 2.24) is 9.71 Å². The summed E-state index contributed by atoms with van der Waals surface area (Å²) >= 11 is 5.51. The molecule has 0 amide bonds. The van der Waals surface area contributed by atoms with Gasteiger partial charge in [-0.15, -0.1) is 0 Å². The van der Waals surface area contributed by atoms with Crippen LogP contribution in [0, 0.1) is 0 Å². The van der Waals surface area contributed by atoms with Crippen molar-refractivity contribution < 1.29 is 21.6 Å². The fourth-order valence-corrected chi connectivity index (χ4v) is 2.77. The highest BCUT2D eigenvalue weighted by Gasteiger charge is 2.32. The summed E-state index contributed by atoms with van der Waals surface area (Å²) in [6.45, 7) is 1.13. The van der Waals surface area contributed by atoms with Crippen LogP contribution in [0.2, 0.25) is 5.15 Å². The van der Waals surface area contributed by atoms with Crippen LogP contribution in [0.4, 0.5) is 13.2 Å². The zero-order valence-electron chi connectivity index (χ0n) is 9.20. The smallest absolute Gasteiger partial charge is 0.244 e.